The van der Waals surface area contributed by atoms with Crippen molar-refractivity contribution in [3.8, 4) is 6.07 Å². The summed E-state index contributed by atoms with van der Waals surface area (Å²) >= 11 is 0. The van der Waals surface area contributed by atoms with Crippen LogP contribution in [0.5, 0.6) is 0 Å². The van der Waals surface area contributed by atoms with Gasteiger partial charge in [0.2, 0.25) is 0 Å². The van der Waals surface area contributed by atoms with Crippen molar-refractivity contribution < 1.29 is 9.90 Å². The van der Waals surface area contributed by atoms with Crippen molar-refractivity contribution in [1.29, 1.82) is 5.26 Å². The Balaban J connectivity index is 2.42. The number of carboxylic acid groups (broad SMARTS) is 1. The Morgan fingerprint density at radius 3 is 2.94 bits per heavy atom. The van der Waals surface area contributed by atoms with Gasteiger partial charge in [0.15, 0.2) is 5.69 Å². The molecule has 0 aliphatic carbocycles. The predicted octanol–water partition coefficient (Wildman–Crippen LogP) is 0.212. The largest absolute Gasteiger partial charge is 0.476 e. The number of hydrogen-bond acceptors (Lipinski definition) is 5. The third-order valence-corrected chi connectivity index (χ3v) is 2.39. The van der Waals surface area contributed by atoms with Crippen molar-refractivity contribution in [1.82, 2.24) is 19.9 Å². The highest BCUT2D eigenvalue weighted by Crippen LogP contribution is 1.95. The van der Waals surface area contributed by atoms with Gasteiger partial charge in [-0.15, -0.1) is 5.10 Å². The summed E-state index contributed by atoms with van der Waals surface area (Å²) in [6, 6.07) is 2.10. The molecule has 92 valence electrons. The van der Waals surface area contributed by atoms with Crippen molar-refractivity contribution in [3.05, 3.63) is 11.9 Å². The zero-order valence-electron chi connectivity index (χ0n) is 9.70. The zero-order valence-corrected chi connectivity index (χ0v) is 9.70. The van der Waals surface area contributed by atoms with Gasteiger partial charge in [-0.2, -0.15) is 5.26 Å². The molecule has 0 spiro atoms. The van der Waals surface area contributed by atoms with E-state index in [1.165, 1.54) is 10.9 Å². The van der Waals surface area contributed by atoms with Crippen molar-refractivity contribution >= 4 is 5.97 Å². The fraction of sp³-hybridized carbons (Fsp3) is 0.600. The minimum atomic E-state index is -1.08. The molecule has 0 atom stereocenters. The lowest BCUT2D eigenvalue weighted by molar-refractivity contribution is 0.0690. The Hall–Kier alpha value is -1.94. The molecule has 0 aliphatic heterocycles. The van der Waals surface area contributed by atoms with Crippen molar-refractivity contribution in [2.75, 3.05) is 19.6 Å². The first-order valence-corrected chi connectivity index (χ1v) is 5.40. The first-order valence-electron chi connectivity index (χ1n) is 5.40. The molecule has 0 saturated carbocycles. The van der Waals surface area contributed by atoms with E-state index in [0.29, 0.717) is 19.5 Å². The summed E-state index contributed by atoms with van der Waals surface area (Å²) in [5.41, 5.74) is -0.0509. The normalized spacial score (nSPS) is 10.4. The van der Waals surface area contributed by atoms with Crippen molar-refractivity contribution in [3.63, 3.8) is 0 Å². The van der Waals surface area contributed by atoms with Gasteiger partial charge in [0.1, 0.15) is 0 Å². The maximum absolute atomic E-state index is 10.6. The molecule has 7 heteroatoms. The van der Waals surface area contributed by atoms with Crippen LogP contribution >= 0.6 is 0 Å². The first-order chi connectivity index (χ1) is 8.17. The Bertz CT molecular complexity index is 409. The van der Waals surface area contributed by atoms with E-state index in [1.54, 1.807) is 0 Å². The molecule has 0 bridgehead atoms. The molecule has 17 heavy (non-hydrogen) atoms. The summed E-state index contributed by atoms with van der Waals surface area (Å²) in [5.74, 6) is -1.08. The molecule has 1 aromatic heterocycles. The van der Waals surface area contributed by atoms with E-state index in [0.717, 1.165) is 13.1 Å². The maximum atomic E-state index is 10.6. The summed E-state index contributed by atoms with van der Waals surface area (Å²) in [4.78, 5) is 12.7. The van der Waals surface area contributed by atoms with Crippen LogP contribution in [0, 0.1) is 11.3 Å². The molecule has 0 fully saturated rings. The highest BCUT2D eigenvalue weighted by molar-refractivity contribution is 5.84. The van der Waals surface area contributed by atoms with E-state index in [2.05, 4.69) is 21.3 Å². The molecule has 0 saturated heterocycles. The second kappa shape index (κ2) is 6.60. The maximum Gasteiger partial charge on any atom is 0.358 e. The summed E-state index contributed by atoms with van der Waals surface area (Å²) in [6.07, 6.45) is 1.89. The monoisotopic (exact) mass is 237 g/mol. The fourth-order valence-electron chi connectivity index (χ4n) is 1.39. The van der Waals surface area contributed by atoms with E-state index >= 15 is 0 Å². The van der Waals surface area contributed by atoms with Gasteiger partial charge in [0.25, 0.3) is 0 Å². The first kappa shape index (κ1) is 13.1. The van der Waals surface area contributed by atoms with E-state index < -0.39 is 5.97 Å². The van der Waals surface area contributed by atoms with Crippen LogP contribution in [0.4, 0.5) is 0 Å². The molecule has 0 aromatic carbocycles. The van der Waals surface area contributed by atoms with Crippen LogP contribution in [0.25, 0.3) is 0 Å². The van der Waals surface area contributed by atoms with Gasteiger partial charge in [-0.05, 0) is 6.54 Å². The average Bonchev–Trinajstić information content (AvgIpc) is 2.78. The summed E-state index contributed by atoms with van der Waals surface area (Å²) < 4.78 is 1.50. The van der Waals surface area contributed by atoms with Gasteiger partial charge in [-0.1, -0.05) is 12.1 Å². The highest BCUT2D eigenvalue weighted by Gasteiger charge is 2.08. The van der Waals surface area contributed by atoms with Crippen LogP contribution in [-0.2, 0) is 6.54 Å². The van der Waals surface area contributed by atoms with Crippen LogP contribution in [0.2, 0.25) is 0 Å². The molecule has 7 nitrogen and oxygen atoms in total. The van der Waals surface area contributed by atoms with Gasteiger partial charge < -0.3 is 10.0 Å². The highest BCUT2D eigenvalue weighted by atomic mass is 16.4. The van der Waals surface area contributed by atoms with Crippen molar-refractivity contribution in [2.24, 2.45) is 0 Å². The SMILES string of the molecule is CCN(CCC#N)CCn1cc(C(=O)O)nn1. The number of hydrogen-bond donors (Lipinski definition) is 1. The van der Waals surface area contributed by atoms with Crippen molar-refractivity contribution in [2.45, 2.75) is 19.9 Å². The van der Waals surface area contributed by atoms with Gasteiger partial charge in [0, 0.05) is 19.5 Å². The number of rotatable bonds is 7. The lowest BCUT2D eigenvalue weighted by Crippen LogP contribution is -2.28. The zero-order chi connectivity index (χ0) is 12.7. The van der Waals surface area contributed by atoms with Gasteiger partial charge >= 0.3 is 5.97 Å². The number of carbonyl (C=O) groups is 1. The lowest BCUT2D eigenvalue weighted by atomic mass is 10.4. The molecule has 0 radical (unpaired) electrons. The Kier molecular flexibility index (Phi) is 5.10. The molecule has 1 aromatic rings. The minimum absolute atomic E-state index is 0.0509. The van der Waals surface area contributed by atoms with Crippen LogP contribution in [0.15, 0.2) is 6.20 Å². The standard InChI is InChI=1S/C10H15N5O2/c1-2-14(5-3-4-11)6-7-15-8-9(10(16)17)12-13-15/h8H,2-3,5-7H2,1H3,(H,16,17). The van der Waals surface area contributed by atoms with E-state index in [-0.39, 0.29) is 5.69 Å². The predicted molar refractivity (Wildman–Crippen MR) is 59.3 cm³/mol. The topological polar surface area (TPSA) is 95.0 Å². The fourth-order valence-corrected chi connectivity index (χ4v) is 1.39. The molecule has 1 heterocycles. The van der Waals surface area contributed by atoms with Crippen LogP contribution in [0.3, 0.4) is 0 Å². The summed E-state index contributed by atoms with van der Waals surface area (Å²) in [5, 5.41) is 24.4. The number of aromatic carboxylic acids is 1. The number of nitriles is 1. The smallest absolute Gasteiger partial charge is 0.358 e. The van der Waals surface area contributed by atoms with E-state index in [1.807, 2.05) is 6.92 Å². The molecule has 0 aliphatic rings. The number of likely N-dealkylation sites (N-methyl/N-ethyl adjacent to an activating group) is 1. The van der Waals surface area contributed by atoms with E-state index in [9.17, 15) is 4.79 Å². The summed E-state index contributed by atoms with van der Waals surface area (Å²) in [7, 11) is 0. The second-order valence-corrected chi connectivity index (χ2v) is 3.51. The number of aromatic nitrogens is 3. The van der Waals surface area contributed by atoms with Gasteiger partial charge in [-0.25, -0.2) is 4.79 Å². The van der Waals surface area contributed by atoms with E-state index in [4.69, 9.17) is 10.4 Å². The molecule has 0 unspecified atom stereocenters. The van der Waals surface area contributed by atoms with Gasteiger partial charge in [0.05, 0.1) is 18.8 Å². The van der Waals surface area contributed by atoms with Crippen LogP contribution in [-0.4, -0.2) is 50.6 Å². The van der Waals surface area contributed by atoms with Crippen LogP contribution < -0.4 is 0 Å². The lowest BCUT2D eigenvalue weighted by Gasteiger charge is -2.18. The molecular formula is C10H15N5O2. The molecular weight excluding hydrogens is 222 g/mol. The molecule has 1 N–H and O–H groups in total. The summed E-state index contributed by atoms with van der Waals surface area (Å²) in [6.45, 7) is 4.87. The minimum Gasteiger partial charge on any atom is -0.476 e. The number of carboxylic acids is 1. The molecule has 1 rings (SSSR count). The van der Waals surface area contributed by atoms with Gasteiger partial charge in [-0.3, -0.25) is 4.68 Å². The average molecular weight is 237 g/mol. The second-order valence-electron chi connectivity index (χ2n) is 3.51. The number of nitrogens with zero attached hydrogens (tertiary/aromatic N) is 5. The third-order valence-electron chi connectivity index (χ3n) is 2.39. The van der Waals surface area contributed by atoms with Crippen LogP contribution in [0.1, 0.15) is 23.8 Å². The molecule has 0 amide bonds. The third kappa shape index (κ3) is 4.20. The Morgan fingerprint density at radius 2 is 2.41 bits per heavy atom. The Morgan fingerprint density at radius 1 is 1.65 bits per heavy atom. The Labute approximate surface area is 99.3 Å². The quantitative estimate of drug-likeness (QED) is 0.728.